The van der Waals surface area contributed by atoms with E-state index < -0.39 is 20.6 Å². The van der Waals surface area contributed by atoms with Crippen LogP contribution >= 0.6 is 0 Å². The highest BCUT2D eigenvalue weighted by Gasteiger charge is 2.28. The van der Waals surface area contributed by atoms with E-state index in [1.807, 2.05) is 20.8 Å². The summed E-state index contributed by atoms with van der Waals surface area (Å²) in [6.07, 6.45) is 0. The maximum atomic E-state index is 12.3. The van der Waals surface area contributed by atoms with Gasteiger partial charge in [0.05, 0.1) is 4.92 Å². The second-order valence-electron chi connectivity index (χ2n) is 5.23. The molecule has 0 amide bonds. The maximum Gasteiger partial charge on any atom is 0.312 e. The average molecular weight is 315 g/mol. The SMILES string of the molecule is CNc1cccc(S(=O)(=O)NCC(C)C(C)C)c1[N+](=O)[O-]. The smallest absolute Gasteiger partial charge is 0.312 e. The largest absolute Gasteiger partial charge is 0.383 e. The number of sulfonamides is 1. The van der Waals surface area contributed by atoms with Gasteiger partial charge in [-0.15, -0.1) is 0 Å². The number of nitrogens with one attached hydrogen (secondary N) is 2. The van der Waals surface area contributed by atoms with Crippen molar-refractivity contribution in [1.29, 1.82) is 0 Å². The molecule has 8 heteroatoms. The van der Waals surface area contributed by atoms with Gasteiger partial charge in [0.15, 0.2) is 4.90 Å². The van der Waals surface area contributed by atoms with Crippen molar-refractivity contribution < 1.29 is 13.3 Å². The maximum absolute atomic E-state index is 12.3. The van der Waals surface area contributed by atoms with Gasteiger partial charge in [0, 0.05) is 13.6 Å². The quantitative estimate of drug-likeness (QED) is 0.593. The minimum absolute atomic E-state index is 0.131. The van der Waals surface area contributed by atoms with Crippen LogP contribution < -0.4 is 10.0 Å². The lowest BCUT2D eigenvalue weighted by atomic mass is 9.99. The molecule has 0 saturated heterocycles. The van der Waals surface area contributed by atoms with Crippen LogP contribution in [0.4, 0.5) is 11.4 Å². The van der Waals surface area contributed by atoms with Crippen LogP contribution in [0.1, 0.15) is 20.8 Å². The molecule has 0 fully saturated rings. The normalized spacial score (nSPS) is 13.2. The minimum atomic E-state index is -3.93. The van der Waals surface area contributed by atoms with Crippen molar-refractivity contribution in [1.82, 2.24) is 4.72 Å². The summed E-state index contributed by atoms with van der Waals surface area (Å²) in [5.74, 6) is 0.442. The van der Waals surface area contributed by atoms with E-state index >= 15 is 0 Å². The number of para-hydroxylation sites is 1. The monoisotopic (exact) mass is 315 g/mol. The van der Waals surface area contributed by atoms with Crippen LogP contribution in [0.15, 0.2) is 23.1 Å². The van der Waals surface area contributed by atoms with Gasteiger partial charge in [0.2, 0.25) is 10.0 Å². The lowest BCUT2D eigenvalue weighted by Crippen LogP contribution is -2.30. The summed E-state index contributed by atoms with van der Waals surface area (Å²) in [6, 6.07) is 4.18. The van der Waals surface area contributed by atoms with Crippen molar-refractivity contribution in [2.24, 2.45) is 11.8 Å². The summed E-state index contributed by atoms with van der Waals surface area (Å²) >= 11 is 0. The summed E-state index contributed by atoms with van der Waals surface area (Å²) in [7, 11) is -2.42. The van der Waals surface area contributed by atoms with E-state index in [-0.39, 0.29) is 23.0 Å². The molecule has 0 spiro atoms. The molecule has 0 aliphatic carbocycles. The molecule has 1 rings (SSSR count). The highest BCUT2D eigenvalue weighted by Crippen LogP contribution is 2.31. The van der Waals surface area contributed by atoms with Crippen molar-refractivity contribution in [2.75, 3.05) is 18.9 Å². The van der Waals surface area contributed by atoms with E-state index in [2.05, 4.69) is 10.0 Å². The zero-order valence-electron chi connectivity index (χ0n) is 12.6. The average Bonchev–Trinajstić information content (AvgIpc) is 2.43. The summed E-state index contributed by atoms with van der Waals surface area (Å²) in [5.41, 5.74) is -0.274. The molecule has 1 unspecified atom stereocenters. The lowest BCUT2D eigenvalue weighted by molar-refractivity contribution is -0.386. The van der Waals surface area contributed by atoms with Crippen LogP contribution in [0, 0.1) is 22.0 Å². The predicted molar refractivity (Wildman–Crippen MR) is 81.8 cm³/mol. The fraction of sp³-hybridized carbons (Fsp3) is 0.538. The zero-order valence-corrected chi connectivity index (χ0v) is 13.4. The molecule has 21 heavy (non-hydrogen) atoms. The standard InChI is InChI=1S/C13H21N3O4S/c1-9(2)10(3)8-15-21(19,20)12-7-5-6-11(14-4)13(12)16(17)18/h5-7,9-10,14-15H,8H2,1-4H3. The van der Waals surface area contributed by atoms with Crippen molar-refractivity contribution in [3.8, 4) is 0 Å². The Bertz CT molecular complexity index is 614. The second-order valence-corrected chi connectivity index (χ2v) is 6.97. The third kappa shape index (κ3) is 4.15. The Labute approximate surface area is 124 Å². The topological polar surface area (TPSA) is 101 Å². The van der Waals surface area contributed by atoms with E-state index in [9.17, 15) is 18.5 Å². The van der Waals surface area contributed by atoms with Gasteiger partial charge in [0.1, 0.15) is 5.69 Å². The Hall–Kier alpha value is -1.67. The fourth-order valence-electron chi connectivity index (χ4n) is 1.68. The molecular weight excluding hydrogens is 294 g/mol. The van der Waals surface area contributed by atoms with Gasteiger partial charge >= 0.3 is 5.69 Å². The first kappa shape index (κ1) is 17.4. The van der Waals surface area contributed by atoms with Crippen molar-refractivity contribution in [2.45, 2.75) is 25.7 Å². The van der Waals surface area contributed by atoms with Gasteiger partial charge in [-0.2, -0.15) is 0 Å². The number of nitro benzene ring substituents is 1. The highest BCUT2D eigenvalue weighted by molar-refractivity contribution is 7.89. The second kappa shape index (κ2) is 6.86. The number of nitrogens with zero attached hydrogens (tertiary/aromatic N) is 1. The Kier molecular flexibility index (Phi) is 5.68. The number of anilines is 1. The van der Waals surface area contributed by atoms with Crippen molar-refractivity contribution in [3.05, 3.63) is 28.3 Å². The molecule has 0 aliphatic heterocycles. The van der Waals surface area contributed by atoms with Crippen LogP contribution in [-0.4, -0.2) is 26.9 Å². The molecule has 0 saturated carbocycles. The van der Waals surface area contributed by atoms with Gasteiger partial charge in [-0.1, -0.05) is 26.8 Å². The molecule has 1 aromatic carbocycles. The molecule has 0 heterocycles. The fourth-order valence-corrected chi connectivity index (χ4v) is 3.02. The Morgan fingerprint density at radius 3 is 2.38 bits per heavy atom. The number of hydrogen-bond donors (Lipinski definition) is 2. The predicted octanol–water partition coefficient (Wildman–Crippen LogP) is 2.21. The van der Waals surface area contributed by atoms with Gasteiger partial charge < -0.3 is 5.32 Å². The Balaban J connectivity index is 3.17. The third-order valence-corrected chi connectivity index (χ3v) is 4.93. The molecular formula is C13H21N3O4S. The molecule has 0 aromatic heterocycles. The summed E-state index contributed by atoms with van der Waals surface area (Å²) in [4.78, 5) is 10.2. The van der Waals surface area contributed by atoms with Crippen LogP contribution in [0.5, 0.6) is 0 Å². The van der Waals surface area contributed by atoms with E-state index in [1.165, 1.54) is 25.2 Å². The number of benzene rings is 1. The van der Waals surface area contributed by atoms with Gasteiger partial charge in [-0.3, -0.25) is 10.1 Å². The molecule has 0 radical (unpaired) electrons. The molecule has 0 bridgehead atoms. The summed E-state index contributed by atoms with van der Waals surface area (Å²) < 4.78 is 27.1. The first-order chi connectivity index (χ1) is 9.70. The van der Waals surface area contributed by atoms with Gasteiger partial charge in [0.25, 0.3) is 0 Å². The number of hydrogen-bond acceptors (Lipinski definition) is 5. The Morgan fingerprint density at radius 1 is 1.29 bits per heavy atom. The summed E-state index contributed by atoms with van der Waals surface area (Å²) in [6.45, 7) is 6.14. The number of rotatable bonds is 7. The van der Waals surface area contributed by atoms with Gasteiger partial charge in [-0.05, 0) is 24.0 Å². The number of nitro groups is 1. The Morgan fingerprint density at radius 2 is 1.90 bits per heavy atom. The van der Waals surface area contributed by atoms with Crippen molar-refractivity contribution in [3.63, 3.8) is 0 Å². The first-order valence-electron chi connectivity index (χ1n) is 6.65. The van der Waals surface area contributed by atoms with Crippen LogP contribution in [0.25, 0.3) is 0 Å². The summed E-state index contributed by atoms with van der Waals surface area (Å²) in [5, 5.41) is 13.8. The molecule has 1 atom stereocenters. The zero-order chi connectivity index (χ0) is 16.2. The molecule has 118 valence electrons. The molecule has 7 nitrogen and oxygen atoms in total. The van der Waals surface area contributed by atoms with Crippen LogP contribution in [0.2, 0.25) is 0 Å². The molecule has 0 aliphatic rings. The first-order valence-corrected chi connectivity index (χ1v) is 8.13. The minimum Gasteiger partial charge on any atom is -0.383 e. The van der Waals surface area contributed by atoms with E-state index in [1.54, 1.807) is 0 Å². The van der Waals surface area contributed by atoms with E-state index in [4.69, 9.17) is 0 Å². The highest BCUT2D eigenvalue weighted by atomic mass is 32.2. The van der Waals surface area contributed by atoms with Gasteiger partial charge in [-0.25, -0.2) is 13.1 Å². The van der Waals surface area contributed by atoms with Crippen LogP contribution in [0.3, 0.4) is 0 Å². The lowest BCUT2D eigenvalue weighted by Gasteiger charge is -2.16. The van der Waals surface area contributed by atoms with Crippen molar-refractivity contribution >= 4 is 21.4 Å². The molecule has 2 N–H and O–H groups in total. The third-order valence-electron chi connectivity index (χ3n) is 3.47. The van der Waals surface area contributed by atoms with Crippen LogP contribution in [-0.2, 0) is 10.0 Å². The molecule has 1 aromatic rings. The van der Waals surface area contributed by atoms with E-state index in [0.717, 1.165) is 0 Å². The van der Waals surface area contributed by atoms with E-state index in [0.29, 0.717) is 5.92 Å².